The van der Waals surface area contributed by atoms with E-state index in [4.69, 9.17) is 4.74 Å². The Morgan fingerprint density at radius 1 is 0.943 bits per heavy atom. The van der Waals surface area contributed by atoms with E-state index in [2.05, 4.69) is 10.2 Å². The smallest absolute Gasteiger partial charge is 0.253 e. The lowest BCUT2D eigenvalue weighted by Gasteiger charge is -2.19. The highest BCUT2D eigenvalue weighted by Crippen LogP contribution is 2.25. The zero-order valence-corrected chi connectivity index (χ0v) is 22.7. The van der Waals surface area contributed by atoms with E-state index in [9.17, 15) is 13.8 Å². The van der Waals surface area contributed by atoms with Crippen LogP contribution in [-0.4, -0.2) is 85.1 Å². The highest BCUT2D eigenvalue weighted by Gasteiger charge is 2.18. The van der Waals surface area contributed by atoms with Crippen molar-refractivity contribution in [2.24, 2.45) is 0 Å². The predicted molar refractivity (Wildman–Crippen MR) is 141 cm³/mol. The van der Waals surface area contributed by atoms with Gasteiger partial charge in [-0.2, -0.15) is 0 Å². The Kier molecular flexibility index (Phi) is 10.9. The molecule has 0 aliphatic rings. The van der Waals surface area contributed by atoms with Crippen molar-refractivity contribution < 1.29 is 18.5 Å². The van der Waals surface area contributed by atoms with Gasteiger partial charge in [0.1, 0.15) is 16.7 Å². The molecule has 2 aromatic carbocycles. The van der Waals surface area contributed by atoms with Gasteiger partial charge in [0.15, 0.2) is 0 Å². The molecule has 0 radical (unpaired) electrons. The van der Waals surface area contributed by atoms with E-state index >= 15 is 0 Å². The molecule has 0 aliphatic carbocycles. The number of hydrogen-bond acceptors (Lipinski definition) is 5. The molecule has 2 rings (SSSR count). The summed E-state index contributed by atoms with van der Waals surface area (Å²) in [5, 5.41) is 2.84. The third kappa shape index (κ3) is 8.45. The van der Waals surface area contributed by atoms with Crippen molar-refractivity contribution in [2.45, 2.75) is 31.6 Å². The molecule has 0 aromatic heterocycles. The molecule has 2 amide bonds. The van der Waals surface area contributed by atoms with Gasteiger partial charge in [0, 0.05) is 44.9 Å². The van der Waals surface area contributed by atoms with Crippen molar-refractivity contribution >= 4 is 28.5 Å². The lowest BCUT2D eigenvalue weighted by Crippen LogP contribution is -2.29. The number of methoxy groups -OCH3 is 1. The van der Waals surface area contributed by atoms with Gasteiger partial charge in [0.25, 0.3) is 5.91 Å². The monoisotopic (exact) mass is 502 g/mol. The third-order valence-electron chi connectivity index (χ3n) is 5.64. The van der Waals surface area contributed by atoms with Crippen LogP contribution in [0, 0.1) is 13.8 Å². The number of ether oxygens (including phenoxy) is 1. The van der Waals surface area contributed by atoms with E-state index in [0.717, 1.165) is 34.7 Å². The van der Waals surface area contributed by atoms with Crippen molar-refractivity contribution in [3.8, 4) is 5.75 Å². The van der Waals surface area contributed by atoms with E-state index < -0.39 is 11.0 Å². The lowest BCUT2D eigenvalue weighted by molar-refractivity contribution is -0.116. The minimum atomic E-state index is -1.39. The summed E-state index contributed by atoms with van der Waals surface area (Å²) in [5.74, 6) is 0.498. The summed E-state index contributed by atoms with van der Waals surface area (Å²) in [7, 11) is 7.77. The van der Waals surface area contributed by atoms with Gasteiger partial charge in [-0.25, -0.2) is 8.51 Å². The van der Waals surface area contributed by atoms with Crippen molar-refractivity contribution in [1.29, 1.82) is 0 Å². The first kappa shape index (κ1) is 28.5. The Bertz CT molecular complexity index is 1020. The number of amides is 2. The van der Waals surface area contributed by atoms with Crippen LogP contribution >= 0.6 is 0 Å². The second kappa shape index (κ2) is 13.4. The lowest BCUT2D eigenvalue weighted by atomic mass is 10.1. The Balaban J connectivity index is 1.88. The predicted octanol–water partition coefficient (Wildman–Crippen LogP) is 3.32. The SMILES string of the molecule is COc1cc(C)c(S(=O)N(C)CCC(=O)Nc2ccc(C(=O)N(C)CCCN(C)C)cc2)c(C)c1. The van der Waals surface area contributed by atoms with E-state index in [1.165, 1.54) is 0 Å². The van der Waals surface area contributed by atoms with Gasteiger partial charge in [0.2, 0.25) is 5.91 Å². The zero-order chi connectivity index (χ0) is 26.1. The highest BCUT2D eigenvalue weighted by atomic mass is 32.2. The minimum Gasteiger partial charge on any atom is -0.497 e. The summed E-state index contributed by atoms with van der Waals surface area (Å²) in [6, 6.07) is 10.6. The first-order valence-electron chi connectivity index (χ1n) is 11.6. The summed E-state index contributed by atoms with van der Waals surface area (Å²) in [4.78, 5) is 29.6. The summed E-state index contributed by atoms with van der Waals surface area (Å²) in [6.45, 7) is 5.74. The van der Waals surface area contributed by atoms with Crippen molar-refractivity contribution in [3.05, 3.63) is 53.1 Å². The molecule has 0 fully saturated rings. The maximum atomic E-state index is 13.0. The fraction of sp³-hybridized carbons (Fsp3) is 0.462. The van der Waals surface area contributed by atoms with Gasteiger partial charge in [-0.15, -0.1) is 0 Å². The van der Waals surface area contributed by atoms with Crippen LogP contribution in [0.4, 0.5) is 5.69 Å². The summed E-state index contributed by atoms with van der Waals surface area (Å²) in [5.41, 5.74) is 2.96. The maximum absolute atomic E-state index is 13.0. The Labute approximate surface area is 211 Å². The van der Waals surface area contributed by atoms with Crippen molar-refractivity contribution in [2.75, 3.05) is 60.3 Å². The van der Waals surface area contributed by atoms with Crippen LogP contribution in [0.1, 0.15) is 34.3 Å². The van der Waals surface area contributed by atoms with Crippen LogP contribution in [0.2, 0.25) is 0 Å². The maximum Gasteiger partial charge on any atom is 0.253 e. The molecular formula is C26H38N4O4S. The van der Waals surface area contributed by atoms with Crippen LogP contribution < -0.4 is 10.1 Å². The molecule has 2 aromatic rings. The molecule has 8 nitrogen and oxygen atoms in total. The number of aryl methyl sites for hydroxylation is 2. The molecule has 1 atom stereocenters. The normalized spacial score (nSPS) is 12.0. The number of rotatable bonds is 12. The van der Waals surface area contributed by atoms with Gasteiger partial charge in [-0.1, -0.05) is 0 Å². The number of nitrogens with one attached hydrogen (secondary N) is 1. The number of anilines is 1. The van der Waals surface area contributed by atoms with Gasteiger partial charge in [0.05, 0.1) is 12.0 Å². The molecule has 0 spiro atoms. The molecule has 0 saturated carbocycles. The van der Waals surface area contributed by atoms with E-state index in [1.54, 1.807) is 54.7 Å². The Hall–Kier alpha value is -2.75. The van der Waals surface area contributed by atoms with Crippen LogP contribution in [0.5, 0.6) is 5.75 Å². The Morgan fingerprint density at radius 3 is 2.09 bits per heavy atom. The first-order chi connectivity index (χ1) is 16.5. The van der Waals surface area contributed by atoms with Gasteiger partial charge in [-0.3, -0.25) is 9.59 Å². The van der Waals surface area contributed by atoms with Crippen molar-refractivity contribution in [1.82, 2.24) is 14.1 Å². The average Bonchev–Trinajstić information content (AvgIpc) is 2.81. The fourth-order valence-electron chi connectivity index (χ4n) is 3.67. The number of hydrogen-bond donors (Lipinski definition) is 1. The quantitative estimate of drug-likeness (QED) is 0.482. The fourth-order valence-corrected chi connectivity index (χ4v) is 4.90. The number of carbonyl (C=O) groups is 2. The molecule has 192 valence electrons. The zero-order valence-electron chi connectivity index (χ0n) is 21.9. The standard InChI is InChI=1S/C26H38N4O4S/c1-19-17-23(34-7)18-20(2)25(19)35(33)30(6)16-13-24(31)27-22-11-9-21(10-12-22)26(32)29(5)15-8-14-28(3)4/h9-12,17-18H,8,13-16H2,1-7H3,(H,27,31). The van der Waals surface area contributed by atoms with Crippen LogP contribution in [0.15, 0.2) is 41.3 Å². The Morgan fingerprint density at radius 2 is 1.54 bits per heavy atom. The van der Waals surface area contributed by atoms with E-state index in [0.29, 0.717) is 24.3 Å². The molecule has 0 saturated heterocycles. The summed E-state index contributed by atoms with van der Waals surface area (Å²) < 4.78 is 20.0. The van der Waals surface area contributed by atoms with E-state index in [-0.39, 0.29) is 18.2 Å². The topological polar surface area (TPSA) is 82.2 Å². The van der Waals surface area contributed by atoms with Crippen LogP contribution in [0.3, 0.4) is 0 Å². The number of nitrogens with zero attached hydrogens (tertiary/aromatic N) is 3. The molecular weight excluding hydrogens is 464 g/mol. The second-order valence-electron chi connectivity index (χ2n) is 8.95. The van der Waals surface area contributed by atoms with Crippen molar-refractivity contribution in [3.63, 3.8) is 0 Å². The first-order valence-corrected chi connectivity index (χ1v) is 12.7. The second-order valence-corrected chi connectivity index (χ2v) is 10.5. The molecule has 9 heteroatoms. The van der Waals surface area contributed by atoms with Crippen LogP contribution in [-0.2, 0) is 15.8 Å². The summed E-state index contributed by atoms with van der Waals surface area (Å²) >= 11 is 0. The average molecular weight is 503 g/mol. The highest BCUT2D eigenvalue weighted by molar-refractivity contribution is 7.82. The molecule has 0 aliphatic heterocycles. The van der Waals surface area contributed by atoms with Gasteiger partial charge < -0.3 is 19.9 Å². The number of carbonyl (C=O) groups excluding carboxylic acids is 2. The number of benzene rings is 2. The minimum absolute atomic E-state index is 0.0464. The summed E-state index contributed by atoms with van der Waals surface area (Å²) in [6.07, 6.45) is 1.09. The van der Waals surface area contributed by atoms with Crippen LogP contribution in [0.25, 0.3) is 0 Å². The molecule has 1 N–H and O–H groups in total. The largest absolute Gasteiger partial charge is 0.497 e. The molecule has 0 bridgehead atoms. The molecule has 35 heavy (non-hydrogen) atoms. The molecule has 1 unspecified atom stereocenters. The molecule has 0 heterocycles. The van der Waals surface area contributed by atoms with Gasteiger partial charge >= 0.3 is 0 Å². The third-order valence-corrected chi connectivity index (χ3v) is 7.38. The van der Waals surface area contributed by atoms with Gasteiger partial charge in [-0.05, 0) is 88.4 Å². The van der Waals surface area contributed by atoms with E-state index in [1.807, 2.05) is 40.1 Å².